The van der Waals surface area contributed by atoms with Crippen LogP contribution in [0.1, 0.15) is 35.6 Å². The maximum Gasteiger partial charge on any atom is 0.419 e. The third kappa shape index (κ3) is 4.91. The summed E-state index contributed by atoms with van der Waals surface area (Å²) in [7, 11) is 0. The number of likely N-dealkylation sites (tertiary alicyclic amines) is 1. The van der Waals surface area contributed by atoms with Gasteiger partial charge in [-0.25, -0.2) is 15.0 Å². The molecule has 30 heavy (non-hydrogen) atoms. The van der Waals surface area contributed by atoms with E-state index in [4.69, 9.17) is 0 Å². The molecular formula is C21H21F3N6. The topological polar surface area (TPSA) is 66.8 Å². The van der Waals surface area contributed by atoms with E-state index < -0.39 is 11.7 Å². The molecule has 1 fully saturated rings. The lowest BCUT2D eigenvalue weighted by atomic mass is 9.94. The molecule has 0 unspecified atom stereocenters. The van der Waals surface area contributed by atoms with Crippen molar-refractivity contribution in [3.63, 3.8) is 0 Å². The van der Waals surface area contributed by atoms with Crippen molar-refractivity contribution in [2.24, 2.45) is 0 Å². The van der Waals surface area contributed by atoms with Crippen LogP contribution in [0.3, 0.4) is 0 Å². The Morgan fingerprint density at radius 1 is 1.03 bits per heavy atom. The lowest BCUT2D eigenvalue weighted by Gasteiger charge is -2.32. The first-order valence-electron chi connectivity index (χ1n) is 9.72. The number of hydrogen-bond acceptors (Lipinski definition) is 6. The fourth-order valence-corrected chi connectivity index (χ4v) is 3.69. The van der Waals surface area contributed by atoms with E-state index in [2.05, 4.69) is 30.2 Å². The second kappa shape index (κ2) is 8.74. The Kier molecular flexibility index (Phi) is 5.89. The summed E-state index contributed by atoms with van der Waals surface area (Å²) in [6.45, 7) is 2.66. The van der Waals surface area contributed by atoms with Crippen molar-refractivity contribution in [2.45, 2.75) is 31.5 Å². The first kappa shape index (κ1) is 20.2. The smallest absolute Gasteiger partial charge is 0.308 e. The molecule has 156 valence electrons. The minimum atomic E-state index is -4.51. The van der Waals surface area contributed by atoms with Gasteiger partial charge < -0.3 is 5.32 Å². The molecule has 0 saturated carbocycles. The Morgan fingerprint density at radius 3 is 2.67 bits per heavy atom. The van der Waals surface area contributed by atoms with E-state index in [-0.39, 0.29) is 17.7 Å². The van der Waals surface area contributed by atoms with Crippen molar-refractivity contribution in [1.29, 1.82) is 0 Å². The van der Waals surface area contributed by atoms with E-state index >= 15 is 0 Å². The molecule has 9 heteroatoms. The monoisotopic (exact) mass is 414 g/mol. The van der Waals surface area contributed by atoms with Gasteiger partial charge in [-0.3, -0.25) is 9.88 Å². The van der Waals surface area contributed by atoms with Crippen LogP contribution in [0.2, 0.25) is 0 Å². The molecule has 4 heterocycles. The molecular weight excluding hydrogens is 393 g/mol. The van der Waals surface area contributed by atoms with Crippen molar-refractivity contribution in [3.8, 4) is 0 Å². The third-order valence-electron chi connectivity index (χ3n) is 5.10. The van der Waals surface area contributed by atoms with E-state index in [0.29, 0.717) is 0 Å². The molecule has 3 aromatic rings. The first-order chi connectivity index (χ1) is 14.5. The SMILES string of the molecule is FC(F)(F)c1cccnc1Nc1nccc([C@H]2CCCN(Cc3ccncc3)C2)n1. The van der Waals surface area contributed by atoms with Gasteiger partial charge >= 0.3 is 6.18 Å². The van der Waals surface area contributed by atoms with Gasteiger partial charge in [-0.1, -0.05) is 0 Å². The lowest BCUT2D eigenvalue weighted by molar-refractivity contribution is -0.137. The van der Waals surface area contributed by atoms with Crippen LogP contribution >= 0.6 is 0 Å². The highest BCUT2D eigenvalue weighted by Crippen LogP contribution is 2.34. The van der Waals surface area contributed by atoms with E-state index in [1.54, 1.807) is 18.6 Å². The number of anilines is 2. The number of rotatable bonds is 5. The Labute approximate surface area is 172 Å². The second-order valence-corrected chi connectivity index (χ2v) is 7.26. The highest BCUT2D eigenvalue weighted by Gasteiger charge is 2.34. The molecule has 0 bridgehead atoms. The molecule has 0 amide bonds. The van der Waals surface area contributed by atoms with Crippen LogP contribution < -0.4 is 5.32 Å². The number of nitrogens with one attached hydrogen (secondary N) is 1. The van der Waals surface area contributed by atoms with Crippen LogP contribution in [0.5, 0.6) is 0 Å². The number of alkyl halides is 3. The number of nitrogens with zero attached hydrogens (tertiary/aromatic N) is 5. The summed E-state index contributed by atoms with van der Waals surface area (Å²) in [6.07, 6.45) is 3.94. The minimum absolute atomic E-state index is 0.114. The number of halogens is 3. The van der Waals surface area contributed by atoms with Crippen molar-refractivity contribution in [2.75, 3.05) is 18.4 Å². The molecule has 1 N–H and O–H groups in total. The highest BCUT2D eigenvalue weighted by molar-refractivity contribution is 5.54. The Hall–Kier alpha value is -3.07. The van der Waals surface area contributed by atoms with Gasteiger partial charge in [0.1, 0.15) is 5.82 Å². The summed E-state index contributed by atoms with van der Waals surface area (Å²) in [5, 5.41) is 2.64. The fourth-order valence-electron chi connectivity index (χ4n) is 3.69. The summed E-state index contributed by atoms with van der Waals surface area (Å²) >= 11 is 0. The normalized spacial score (nSPS) is 17.6. The summed E-state index contributed by atoms with van der Waals surface area (Å²) in [5.74, 6) is 0.00280. The summed E-state index contributed by atoms with van der Waals surface area (Å²) < 4.78 is 39.6. The van der Waals surface area contributed by atoms with Gasteiger partial charge in [0, 0.05) is 43.8 Å². The van der Waals surface area contributed by atoms with E-state index in [9.17, 15) is 13.2 Å². The quantitative estimate of drug-likeness (QED) is 0.667. The maximum atomic E-state index is 13.2. The van der Waals surface area contributed by atoms with Gasteiger partial charge in [-0.2, -0.15) is 13.2 Å². The molecule has 1 aliphatic rings. The van der Waals surface area contributed by atoms with Crippen LogP contribution in [-0.2, 0) is 12.7 Å². The zero-order valence-electron chi connectivity index (χ0n) is 16.2. The van der Waals surface area contributed by atoms with Crippen molar-refractivity contribution in [3.05, 3.63) is 71.9 Å². The highest BCUT2D eigenvalue weighted by atomic mass is 19.4. The molecule has 1 atom stereocenters. The van der Waals surface area contributed by atoms with Gasteiger partial charge in [0.05, 0.1) is 11.3 Å². The van der Waals surface area contributed by atoms with Gasteiger partial charge in [-0.15, -0.1) is 0 Å². The molecule has 6 nitrogen and oxygen atoms in total. The zero-order valence-corrected chi connectivity index (χ0v) is 16.2. The number of hydrogen-bond donors (Lipinski definition) is 1. The largest absolute Gasteiger partial charge is 0.419 e. The van der Waals surface area contributed by atoms with Crippen molar-refractivity contribution < 1.29 is 13.2 Å². The zero-order chi connectivity index (χ0) is 21.0. The predicted molar refractivity (Wildman–Crippen MR) is 106 cm³/mol. The van der Waals surface area contributed by atoms with Crippen LogP contribution in [0.15, 0.2) is 55.1 Å². The molecule has 0 spiro atoms. The fraction of sp³-hybridized carbons (Fsp3) is 0.333. The molecule has 1 saturated heterocycles. The van der Waals surface area contributed by atoms with Gasteiger partial charge in [-0.05, 0) is 55.3 Å². The van der Waals surface area contributed by atoms with Gasteiger partial charge in [0.2, 0.25) is 5.95 Å². The maximum absolute atomic E-state index is 13.2. The molecule has 4 rings (SSSR count). The van der Waals surface area contributed by atoms with Crippen LogP contribution in [0, 0.1) is 0 Å². The summed E-state index contributed by atoms with van der Waals surface area (Å²) in [4.78, 5) is 18.8. The number of piperidine rings is 1. The summed E-state index contributed by atoms with van der Waals surface area (Å²) in [5.41, 5.74) is 1.17. The molecule has 1 aliphatic heterocycles. The number of aromatic nitrogens is 4. The Bertz CT molecular complexity index is 980. The van der Waals surface area contributed by atoms with E-state index in [1.807, 2.05) is 18.2 Å². The molecule has 0 aliphatic carbocycles. The molecule has 0 aromatic carbocycles. The van der Waals surface area contributed by atoms with Gasteiger partial charge in [0.25, 0.3) is 0 Å². The van der Waals surface area contributed by atoms with Crippen molar-refractivity contribution in [1.82, 2.24) is 24.8 Å². The summed E-state index contributed by atoms with van der Waals surface area (Å²) in [6, 6.07) is 8.07. The first-order valence-corrected chi connectivity index (χ1v) is 9.72. The van der Waals surface area contributed by atoms with Crippen LogP contribution in [0.4, 0.5) is 24.9 Å². The second-order valence-electron chi connectivity index (χ2n) is 7.26. The van der Waals surface area contributed by atoms with E-state index in [1.165, 1.54) is 17.8 Å². The standard InChI is InChI=1S/C21H21F3N6/c22-21(23,24)17-4-1-8-26-19(17)29-20-27-11-7-18(28-20)16-3-2-12-30(14-16)13-15-5-9-25-10-6-15/h1,4-11,16H,2-3,12-14H2,(H,26,27,28,29)/t16-/m0/s1. The van der Waals surface area contributed by atoms with E-state index in [0.717, 1.165) is 44.2 Å². The molecule has 0 radical (unpaired) electrons. The predicted octanol–water partition coefficient (Wildman–Crippen LogP) is 4.41. The minimum Gasteiger partial charge on any atom is -0.308 e. The Morgan fingerprint density at radius 2 is 1.87 bits per heavy atom. The number of pyridine rings is 2. The average molecular weight is 414 g/mol. The van der Waals surface area contributed by atoms with Crippen molar-refractivity contribution >= 4 is 11.8 Å². The lowest BCUT2D eigenvalue weighted by Crippen LogP contribution is -2.34. The van der Waals surface area contributed by atoms with Gasteiger partial charge in [0.15, 0.2) is 0 Å². The molecule has 3 aromatic heterocycles. The van der Waals surface area contributed by atoms with Crippen LogP contribution in [-0.4, -0.2) is 37.9 Å². The average Bonchev–Trinajstić information content (AvgIpc) is 2.75. The van der Waals surface area contributed by atoms with Crippen LogP contribution in [0.25, 0.3) is 0 Å². The Balaban J connectivity index is 1.48. The third-order valence-corrected chi connectivity index (χ3v) is 5.10.